The van der Waals surface area contributed by atoms with Gasteiger partial charge in [-0.2, -0.15) is 11.8 Å². The Morgan fingerprint density at radius 1 is 1.19 bits per heavy atom. The van der Waals surface area contributed by atoms with Crippen molar-refractivity contribution in [3.8, 4) is 0 Å². The quantitative estimate of drug-likeness (QED) is 0.648. The molecule has 1 fully saturated rings. The van der Waals surface area contributed by atoms with Crippen LogP contribution < -0.4 is 10.0 Å². The molecule has 0 unspecified atom stereocenters. The number of sulfonamides is 1. The molecule has 0 aromatic heterocycles. The summed E-state index contributed by atoms with van der Waals surface area (Å²) in [4.78, 5) is 0.362. The molecule has 1 saturated carbocycles. The standard InChI is InChI=1S/C15H24N2O2S2/c1-20-12-6-2-5-11-16-14-7-3-4-8-15(14)21(18,19)17-13-9-10-13/h3-4,7-8,13,16-17H,2,5-6,9-12H2,1H3. The van der Waals surface area contributed by atoms with Gasteiger partial charge in [0.2, 0.25) is 10.0 Å². The van der Waals surface area contributed by atoms with Gasteiger partial charge >= 0.3 is 0 Å². The number of rotatable bonds is 10. The molecule has 0 heterocycles. The number of hydrogen-bond donors (Lipinski definition) is 2. The largest absolute Gasteiger partial charge is 0.384 e. The van der Waals surface area contributed by atoms with Crippen molar-refractivity contribution >= 4 is 27.5 Å². The summed E-state index contributed by atoms with van der Waals surface area (Å²) in [7, 11) is -3.39. The summed E-state index contributed by atoms with van der Waals surface area (Å²) in [5.41, 5.74) is 0.704. The monoisotopic (exact) mass is 328 g/mol. The lowest BCUT2D eigenvalue weighted by molar-refractivity contribution is 0.581. The maximum Gasteiger partial charge on any atom is 0.242 e. The van der Waals surface area contributed by atoms with E-state index >= 15 is 0 Å². The summed E-state index contributed by atoms with van der Waals surface area (Å²) in [6.45, 7) is 0.810. The van der Waals surface area contributed by atoms with Gasteiger partial charge in [0.05, 0.1) is 5.69 Å². The van der Waals surface area contributed by atoms with Gasteiger partial charge in [0.15, 0.2) is 0 Å². The molecule has 6 heteroatoms. The highest BCUT2D eigenvalue weighted by Gasteiger charge is 2.29. The van der Waals surface area contributed by atoms with E-state index < -0.39 is 10.0 Å². The molecule has 1 aliphatic rings. The van der Waals surface area contributed by atoms with Crippen LogP contribution in [0.5, 0.6) is 0 Å². The fourth-order valence-electron chi connectivity index (χ4n) is 2.10. The van der Waals surface area contributed by atoms with E-state index in [0.717, 1.165) is 25.8 Å². The number of anilines is 1. The summed E-state index contributed by atoms with van der Waals surface area (Å²) in [5, 5.41) is 3.26. The Balaban J connectivity index is 1.90. The van der Waals surface area contributed by atoms with Gasteiger partial charge in [0.25, 0.3) is 0 Å². The van der Waals surface area contributed by atoms with E-state index in [1.54, 1.807) is 12.1 Å². The van der Waals surface area contributed by atoms with Crippen LogP contribution in [0.3, 0.4) is 0 Å². The predicted octanol–water partition coefficient (Wildman–Crippen LogP) is 3.07. The van der Waals surface area contributed by atoms with E-state index in [1.807, 2.05) is 23.9 Å². The highest BCUT2D eigenvalue weighted by Crippen LogP contribution is 2.25. The zero-order valence-corrected chi connectivity index (χ0v) is 14.1. The van der Waals surface area contributed by atoms with Crippen molar-refractivity contribution in [1.29, 1.82) is 0 Å². The molecule has 2 rings (SSSR count). The topological polar surface area (TPSA) is 58.2 Å². The molecule has 0 atom stereocenters. The van der Waals surface area contributed by atoms with Crippen LogP contribution in [0.2, 0.25) is 0 Å². The molecular formula is C15H24N2O2S2. The van der Waals surface area contributed by atoms with Crippen molar-refractivity contribution in [1.82, 2.24) is 4.72 Å². The molecule has 0 bridgehead atoms. The second kappa shape index (κ2) is 8.06. The van der Waals surface area contributed by atoms with Gasteiger partial charge in [-0.15, -0.1) is 0 Å². The predicted molar refractivity (Wildman–Crippen MR) is 90.5 cm³/mol. The van der Waals surface area contributed by atoms with Crippen LogP contribution in [-0.4, -0.2) is 33.0 Å². The molecule has 0 saturated heterocycles. The van der Waals surface area contributed by atoms with Crippen LogP contribution >= 0.6 is 11.8 Å². The molecule has 21 heavy (non-hydrogen) atoms. The van der Waals surface area contributed by atoms with E-state index in [9.17, 15) is 8.42 Å². The third-order valence-electron chi connectivity index (χ3n) is 3.42. The lowest BCUT2D eigenvalue weighted by Gasteiger charge is -2.13. The van der Waals surface area contributed by atoms with Gasteiger partial charge in [0.1, 0.15) is 4.90 Å². The van der Waals surface area contributed by atoms with Crippen molar-refractivity contribution in [3.05, 3.63) is 24.3 Å². The summed E-state index contributed by atoms with van der Waals surface area (Å²) in [6, 6.07) is 7.27. The fraction of sp³-hybridized carbons (Fsp3) is 0.600. The van der Waals surface area contributed by atoms with Crippen molar-refractivity contribution in [2.75, 3.05) is 23.9 Å². The first-order valence-electron chi connectivity index (χ1n) is 7.47. The molecule has 1 aliphatic carbocycles. The smallest absolute Gasteiger partial charge is 0.242 e. The number of nitrogens with one attached hydrogen (secondary N) is 2. The number of unbranched alkanes of at least 4 members (excludes halogenated alkanes) is 2. The van der Waals surface area contributed by atoms with Crippen LogP contribution in [0.25, 0.3) is 0 Å². The van der Waals surface area contributed by atoms with Crippen molar-refractivity contribution in [3.63, 3.8) is 0 Å². The van der Waals surface area contributed by atoms with Gasteiger partial charge < -0.3 is 5.32 Å². The SMILES string of the molecule is CSCCCCCNc1ccccc1S(=O)(=O)NC1CC1. The minimum atomic E-state index is -3.39. The van der Waals surface area contributed by atoms with E-state index in [1.165, 1.54) is 18.6 Å². The number of hydrogen-bond acceptors (Lipinski definition) is 4. The van der Waals surface area contributed by atoms with E-state index in [-0.39, 0.29) is 6.04 Å². The highest BCUT2D eigenvalue weighted by molar-refractivity contribution is 7.98. The zero-order valence-electron chi connectivity index (χ0n) is 12.5. The molecule has 2 N–H and O–H groups in total. The van der Waals surface area contributed by atoms with Gasteiger partial charge in [-0.3, -0.25) is 0 Å². The van der Waals surface area contributed by atoms with Crippen LogP contribution in [0, 0.1) is 0 Å². The lowest BCUT2D eigenvalue weighted by atomic mass is 10.2. The number of para-hydroxylation sites is 1. The van der Waals surface area contributed by atoms with Crippen LogP contribution in [0.1, 0.15) is 32.1 Å². The van der Waals surface area contributed by atoms with Gasteiger partial charge in [-0.1, -0.05) is 18.6 Å². The third kappa shape index (κ3) is 5.52. The number of thioether (sulfide) groups is 1. The summed E-state index contributed by atoms with van der Waals surface area (Å²) in [5.74, 6) is 1.19. The molecule has 0 spiro atoms. The first kappa shape index (κ1) is 16.6. The molecule has 0 amide bonds. The third-order valence-corrected chi connectivity index (χ3v) is 5.69. The average molecular weight is 329 g/mol. The summed E-state index contributed by atoms with van der Waals surface area (Å²) >= 11 is 1.87. The second-order valence-corrected chi connectivity index (χ2v) is 8.04. The van der Waals surface area contributed by atoms with Crippen LogP contribution in [-0.2, 0) is 10.0 Å². The Morgan fingerprint density at radius 3 is 2.67 bits per heavy atom. The normalized spacial score (nSPS) is 15.1. The average Bonchev–Trinajstić information content (AvgIpc) is 3.26. The minimum Gasteiger partial charge on any atom is -0.384 e. The van der Waals surface area contributed by atoms with E-state index in [4.69, 9.17) is 0 Å². The van der Waals surface area contributed by atoms with E-state index in [2.05, 4.69) is 16.3 Å². The molecular weight excluding hydrogens is 304 g/mol. The molecule has 1 aromatic rings. The molecule has 0 radical (unpaired) electrons. The number of benzene rings is 1. The molecule has 118 valence electrons. The van der Waals surface area contributed by atoms with E-state index in [0.29, 0.717) is 10.6 Å². The van der Waals surface area contributed by atoms with Gasteiger partial charge in [-0.05, 0) is 49.8 Å². The highest BCUT2D eigenvalue weighted by atomic mass is 32.2. The van der Waals surface area contributed by atoms with Crippen LogP contribution in [0.4, 0.5) is 5.69 Å². The maximum absolute atomic E-state index is 12.3. The molecule has 0 aliphatic heterocycles. The Morgan fingerprint density at radius 2 is 1.95 bits per heavy atom. The second-order valence-electron chi connectivity index (χ2n) is 5.37. The lowest BCUT2D eigenvalue weighted by Crippen LogP contribution is -2.26. The Kier molecular flexibility index (Phi) is 6.39. The van der Waals surface area contributed by atoms with Crippen LogP contribution in [0.15, 0.2) is 29.2 Å². The van der Waals surface area contributed by atoms with Crippen molar-refractivity contribution in [2.45, 2.75) is 43.0 Å². The Labute approximate surface area is 132 Å². The Bertz CT molecular complexity index is 542. The maximum atomic E-state index is 12.3. The zero-order chi connectivity index (χ0) is 15.1. The Hall–Kier alpha value is -0.720. The van der Waals surface area contributed by atoms with Crippen molar-refractivity contribution < 1.29 is 8.42 Å². The molecule has 4 nitrogen and oxygen atoms in total. The van der Waals surface area contributed by atoms with Crippen molar-refractivity contribution in [2.24, 2.45) is 0 Å². The first-order valence-corrected chi connectivity index (χ1v) is 10.4. The fourth-order valence-corrected chi connectivity index (χ4v) is 4.08. The van der Waals surface area contributed by atoms with Gasteiger partial charge in [-0.25, -0.2) is 13.1 Å². The molecule has 1 aromatic carbocycles. The summed E-state index contributed by atoms with van der Waals surface area (Å²) in [6.07, 6.45) is 7.46. The minimum absolute atomic E-state index is 0.134. The summed E-state index contributed by atoms with van der Waals surface area (Å²) < 4.78 is 27.4. The first-order chi connectivity index (χ1) is 10.1. The van der Waals surface area contributed by atoms with Gasteiger partial charge in [0, 0.05) is 12.6 Å².